The highest BCUT2D eigenvalue weighted by atomic mass is 16.5. The van der Waals surface area contributed by atoms with Gasteiger partial charge in [0, 0.05) is 62.5 Å². The molecular formula is C29H40N6O3. The van der Waals surface area contributed by atoms with E-state index in [2.05, 4.69) is 40.3 Å². The van der Waals surface area contributed by atoms with Crippen molar-refractivity contribution in [3.05, 3.63) is 64.9 Å². The van der Waals surface area contributed by atoms with Gasteiger partial charge in [0.25, 0.3) is 5.91 Å². The summed E-state index contributed by atoms with van der Waals surface area (Å²) in [4.78, 5) is 35.4. The second-order valence-corrected chi connectivity index (χ2v) is 10.1. The molecule has 0 unspecified atom stereocenters. The maximum atomic E-state index is 13.3. The van der Waals surface area contributed by atoms with Gasteiger partial charge in [0.1, 0.15) is 12.3 Å². The summed E-state index contributed by atoms with van der Waals surface area (Å²) < 4.78 is 5.51. The third kappa shape index (κ3) is 6.92. The molecule has 1 fully saturated rings. The Bertz CT molecular complexity index is 1210. The maximum Gasteiger partial charge on any atom is 0.252 e. The van der Waals surface area contributed by atoms with E-state index in [4.69, 9.17) is 10.5 Å². The van der Waals surface area contributed by atoms with Crippen LogP contribution in [0, 0.1) is 6.92 Å². The number of ether oxygens (including phenoxy) is 1. The van der Waals surface area contributed by atoms with Gasteiger partial charge in [-0.3, -0.25) is 14.6 Å². The number of nitrogens with two attached hydrogens (primary N) is 1. The number of carbonyl (C=O) groups excluding carboxylic acids is 2. The molecule has 0 aliphatic carbocycles. The van der Waals surface area contributed by atoms with E-state index in [9.17, 15) is 9.59 Å². The first-order chi connectivity index (χ1) is 18.0. The minimum atomic E-state index is -0.298. The van der Waals surface area contributed by atoms with Crippen LogP contribution >= 0.6 is 0 Å². The molecule has 0 saturated carbocycles. The van der Waals surface area contributed by atoms with Gasteiger partial charge in [0.2, 0.25) is 5.91 Å². The van der Waals surface area contributed by atoms with E-state index in [0.29, 0.717) is 22.9 Å². The van der Waals surface area contributed by atoms with Crippen molar-refractivity contribution in [2.24, 2.45) is 10.7 Å². The van der Waals surface area contributed by atoms with E-state index in [1.807, 2.05) is 44.2 Å². The fourth-order valence-corrected chi connectivity index (χ4v) is 4.14. The van der Waals surface area contributed by atoms with Crippen LogP contribution in [0.25, 0.3) is 5.57 Å². The summed E-state index contributed by atoms with van der Waals surface area (Å²) in [6.45, 7) is 5.81. The standard InChI is InChI=1S/C29H40N6O3/c1-19-8-9-24(35-17-25(18-35)33(3)4)13-27(19)29(37)32-20(2)21-10-22(12-26(11-21)38-7)23(14-30)15-31-16-28(36)34(5)6/h8-15,20,25H,16-18,30H2,1-7H3,(H,32,37)/b23-14+,31-15?/t20-/m1/s1. The summed E-state index contributed by atoms with van der Waals surface area (Å²) in [5.74, 6) is 0.387. The van der Waals surface area contributed by atoms with Crippen LogP contribution in [0.3, 0.4) is 0 Å². The number of hydrogen-bond acceptors (Lipinski definition) is 7. The van der Waals surface area contributed by atoms with Crippen LogP contribution < -0.4 is 20.7 Å². The van der Waals surface area contributed by atoms with Gasteiger partial charge < -0.3 is 30.5 Å². The zero-order chi connectivity index (χ0) is 28.0. The predicted octanol–water partition coefficient (Wildman–Crippen LogP) is 2.70. The van der Waals surface area contributed by atoms with Crippen molar-refractivity contribution < 1.29 is 14.3 Å². The van der Waals surface area contributed by atoms with Crippen molar-refractivity contribution in [2.45, 2.75) is 25.9 Å². The van der Waals surface area contributed by atoms with Crippen LogP contribution in [0.2, 0.25) is 0 Å². The first kappa shape index (κ1) is 28.7. The lowest BCUT2D eigenvalue weighted by atomic mass is 9.99. The lowest BCUT2D eigenvalue weighted by Crippen LogP contribution is -2.57. The lowest BCUT2D eigenvalue weighted by Gasteiger charge is -2.44. The molecule has 1 aliphatic heterocycles. The average molecular weight is 521 g/mol. The monoisotopic (exact) mass is 520 g/mol. The van der Waals surface area contributed by atoms with Crippen molar-refractivity contribution >= 4 is 29.3 Å². The number of anilines is 1. The third-order valence-corrected chi connectivity index (χ3v) is 6.90. The van der Waals surface area contributed by atoms with Gasteiger partial charge in [-0.05, 0) is 75.0 Å². The Kier molecular flexibility index (Phi) is 9.52. The molecule has 9 heteroatoms. The van der Waals surface area contributed by atoms with Crippen LogP contribution in [0.15, 0.2) is 47.6 Å². The Morgan fingerprint density at radius 2 is 1.89 bits per heavy atom. The Morgan fingerprint density at radius 3 is 2.50 bits per heavy atom. The van der Waals surface area contributed by atoms with E-state index in [-0.39, 0.29) is 24.4 Å². The molecule has 9 nitrogen and oxygen atoms in total. The van der Waals surface area contributed by atoms with Gasteiger partial charge in [-0.25, -0.2) is 0 Å². The minimum Gasteiger partial charge on any atom is -0.497 e. The maximum absolute atomic E-state index is 13.3. The average Bonchev–Trinajstić information content (AvgIpc) is 2.85. The molecule has 1 aliphatic rings. The van der Waals surface area contributed by atoms with Crippen LogP contribution in [0.5, 0.6) is 5.75 Å². The van der Waals surface area contributed by atoms with Crippen LogP contribution in [-0.4, -0.2) is 88.8 Å². The molecule has 0 bridgehead atoms. The molecule has 38 heavy (non-hydrogen) atoms. The molecule has 0 spiro atoms. The predicted molar refractivity (Wildman–Crippen MR) is 154 cm³/mol. The summed E-state index contributed by atoms with van der Waals surface area (Å²) in [5, 5.41) is 3.13. The molecule has 2 aromatic rings. The van der Waals surface area contributed by atoms with Crippen molar-refractivity contribution in [3.63, 3.8) is 0 Å². The number of rotatable bonds is 10. The fourth-order valence-electron chi connectivity index (χ4n) is 4.14. The Balaban J connectivity index is 1.77. The van der Waals surface area contributed by atoms with Crippen molar-refractivity contribution in [2.75, 3.05) is 59.8 Å². The summed E-state index contributed by atoms with van der Waals surface area (Å²) >= 11 is 0. The molecule has 204 valence electrons. The molecule has 0 radical (unpaired) electrons. The molecule has 1 saturated heterocycles. The molecule has 3 rings (SSSR count). The van der Waals surface area contributed by atoms with Gasteiger partial charge in [-0.15, -0.1) is 0 Å². The topological polar surface area (TPSA) is 104 Å². The molecule has 2 aromatic carbocycles. The number of likely N-dealkylation sites (N-methyl/N-ethyl adjacent to an activating group) is 2. The summed E-state index contributed by atoms with van der Waals surface area (Å²) in [6, 6.07) is 12.0. The first-order valence-electron chi connectivity index (χ1n) is 12.7. The first-order valence-corrected chi connectivity index (χ1v) is 12.7. The number of nitrogens with one attached hydrogen (secondary N) is 1. The molecular weight excluding hydrogens is 480 g/mol. The van der Waals surface area contributed by atoms with Gasteiger partial charge in [0.05, 0.1) is 13.2 Å². The number of benzene rings is 2. The van der Waals surface area contributed by atoms with Gasteiger partial charge in [0.15, 0.2) is 0 Å². The molecule has 1 atom stereocenters. The zero-order valence-corrected chi connectivity index (χ0v) is 23.5. The van der Waals surface area contributed by atoms with Crippen molar-refractivity contribution in [1.82, 2.24) is 15.1 Å². The number of hydrogen-bond donors (Lipinski definition) is 2. The second kappa shape index (κ2) is 12.6. The van der Waals surface area contributed by atoms with E-state index in [0.717, 1.165) is 35.5 Å². The highest BCUT2D eigenvalue weighted by Crippen LogP contribution is 2.28. The van der Waals surface area contributed by atoms with Crippen molar-refractivity contribution in [3.8, 4) is 5.75 Å². The number of aryl methyl sites for hydroxylation is 1. The number of aliphatic imine (C=N–C) groups is 1. The van der Waals surface area contributed by atoms with Crippen LogP contribution in [-0.2, 0) is 4.79 Å². The highest BCUT2D eigenvalue weighted by molar-refractivity contribution is 6.10. The van der Waals surface area contributed by atoms with Crippen LogP contribution in [0.4, 0.5) is 5.69 Å². The van der Waals surface area contributed by atoms with Gasteiger partial charge >= 0.3 is 0 Å². The third-order valence-electron chi connectivity index (χ3n) is 6.90. The van der Waals surface area contributed by atoms with Gasteiger partial charge in [-0.1, -0.05) is 6.07 Å². The molecule has 2 amide bonds. The fraction of sp³-hybridized carbons (Fsp3) is 0.414. The molecule has 3 N–H and O–H groups in total. The number of allylic oxidation sites excluding steroid dienone is 1. The van der Waals surface area contributed by atoms with E-state index < -0.39 is 0 Å². The van der Waals surface area contributed by atoms with Crippen LogP contribution in [0.1, 0.15) is 40.0 Å². The Hall–Kier alpha value is -3.85. The quantitative estimate of drug-likeness (QED) is 0.467. The minimum absolute atomic E-state index is 0.0271. The summed E-state index contributed by atoms with van der Waals surface area (Å²) in [5.41, 5.74) is 10.8. The second-order valence-electron chi connectivity index (χ2n) is 10.1. The number of carbonyl (C=O) groups is 2. The number of nitrogens with zero attached hydrogens (tertiary/aromatic N) is 4. The van der Waals surface area contributed by atoms with E-state index in [1.165, 1.54) is 11.1 Å². The number of amides is 2. The summed E-state index contributed by atoms with van der Waals surface area (Å²) in [6.07, 6.45) is 3.02. The van der Waals surface area contributed by atoms with E-state index in [1.54, 1.807) is 27.4 Å². The number of methoxy groups -OCH3 is 1. The normalized spacial score (nSPS) is 14.9. The SMILES string of the molecule is COc1cc(/C(C=NCC(=O)N(C)C)=C/N)cc([C@@H](C)NC(=O)c2cc(N3CC(N(C)C)C3)ccc2C)c1. The summed E-state index contributed by atoms with van der Waals surface area (Å²) in [7, 11) is 9.14. The smallest absolute Gasteiger partial charge is 0.252 e. The molecule has 1 heterocycles. The molecule has 0 aromatic heterocycles. The van der Waals surface area contributed by atoms with E-state index >= 15 is 0 Å². The largest absolute Gasteiger partial charge is 0.497 e. The Labute approximate surface area is 225 Å². The zero-order valence-electron chi connectivity index (χ0n) is 23.5. The van der Waals surface area contributed by atoms with Gasteiger partial charge in [-0.2, -0.15) is 0 Å². The Morgan fingerprint density at radius 1 is 1.18 bits per heavy atom. The van der Waals surface area contributed by atoms with Crippen molar-refractivity contribution in [1.29, 1.82) is 0 Å². The highest BCUT2D eigenvalue weighted by Gasteiger charge is 2.29. The lowest BCUT2D eigenvalue weighted by molar-refractivity contribution is -0.127.